The molecule has 0 fully saturated rings. The zero-order chi connectivity index (χ0) is 35.3. The first-order valence-electron chi connectivity index (χ1n) is 18.0. The molecule has 1 aliphatic carbocycles. The standard InChI is InChI=1S/C48H32N4O/c1-48(2)38-22-11-9-20-33(38)36-27-37-41(28-39(36)48)52(40-25-24-35-34-21-10-12-23-42(34)53-44(35)43(37)40)32-19-13-18-31(26-32)47-50-45(29-14-5-3-6-15-29)49-46(51-47)30-16-7-4-8-17-30/h3-28H,1-2H3. The molecule has 7 aromatic carbocycles. The van der Waals surface area contributed by atoms with Gasteiger partial charge in [0.15, 0.2) is 17.5 Å². The maximum Gasteiger partial charge on any atom is 0.164 e. The van der Waals surface area contributed by atoms with E-state index in [4.69, 9.17) is 19.4 Å². The Hall–Kier alpha value is -6.85. The van der Waals surface area contributed by atoms with Gasteiger partial charge in [-0.2, -0.15) is 0 Å². The number of rotatable bonds is 4. The van der Waals surface area contributed by atoms with Gasteiger partial charge in [0, 0.05) is 44.0 Å². The summed E-state index contributed by atoms with van der Waals surface area (Å²) in [6, 6.07) is 55.2. The summed E-state index contributed by atoms with van der Waals surface area (Å²) in [7, 11) is 0. The van der Waals surface area contributed by atoms with Gasteiger partial charge < -0.3 is 8.98 Å². The summed E-state index contributed by atoms with van der Waals surface area (Å²) in [5, 5.41) is 4.52. The van der Waals surface area contributed by atoms with Gasteiger partial charge in [-0.05, 0) is 64.7 Å². The van der Waals surface area contributed by atoms with Gasteiger partial charge in [0.05, 0.1) is 16.4 Å². The van der Waals surface area contributed by atoms with Crippen molar-refractivity contribution in [2.24, 2.45) is 0 Å². The second-order valence-corrected chi connectivity index (χ2v) is 14.4. The summed E-state index contributed by atoms with van der Waals surface area (Å²) in [6.45, 7) is 4.67. The molecule has 5 nitrogen and oxygen atoms in total. The van der Waals surface area contributed by atoms with Crippen molar-refractivity contribution in [1.29, 1.82) is 0 Å². The molecule has 11 rings (SSSR count). The molecule has 0 saturated heterocycles. The third-order valence-corrected chi connectivity index (χ3v) is 11.0. The van der Waals surface area contributed by atoms with E-state index in [1.807, 2.05) is 66.7 Å². The lowest BCUT2D eigenvalue weighted by Crippen LogP contribution is -2.14. The maximum atomic E-state index is 6.72. The third kappa shape index (κ3) is 4.40. The SMILES string of the molecule is CC1(C)c2ccccc2-c2cc3c4c5oc6ccccc6c5ccc4n(-c4cccc(-c5nc(-c6ccccc6)nc(-c6ccccc6)n5)c4)c3cc21. The van der Waals surface area contributed by atoms with E-state index in [2.05, 4.69) is 109 Å². The van der Waals surface area contributed by atoms with Gasteiger partial charge in [0.2, 0.25) is 0 Å². The molecule has 10 aromatic rings. The number of nitrogens with zero attached hydrogens (tertiary/aromatic N) is 4. The van der Waals surface area contributed by atoms with E-state index in [9.17, 15) is 0 Å². The fourth-order valence-electron chi connectivity index (χ4n) is 8.48. The van der Waals surface area contributed by atoms with Crippen molar-refractivity contribution in [3.8, 4) is 51.0 Å². The lowest BCUT2D eigenvalue weighted by molar-refractivity contribution is 0.661. The Balaban J connectivity index is 1.19. The summed E-state index contributed by atoms with van der Waals surface area (Å²) in [6.07, 6.45) is 0. The van der Waals surface area contributed by atoms with E-state index in [1.165, 1.54) is 27.6 Å². The summed E-state index contributed by atoms with van der Waals surface area (Å²) < 4.78 is 9.10. The largest absolute Gasteiger partial charge is 0.455 e. The molecule has 0 saturated carbocycles. The van der Waals surface area contributed by atoms with Crippen LogP contribution in [-0.4, -0.2) is 19.5 Å². The average molecular weight is 681 g/mol. The average Bonchev–Trinajstić information content (AvgIpc) is 3.83. The molecule has 53 heavy (non-hydrogen) atoms. The van der Waals surface area contributed by atoms with Gasteiger partial charge in [-0.3, -0.25) is 0 Å². The lowest BCUT2D eigenvalue weighted by Gasteiger charge is -2.21. The quantitative estimate of drug-likeness (QED) is 0.186. The van der Waals surface area contributed by atoms with E-state index in [0.29, 0.717) is 17.5 Å². The number of hydrogen-bond acceptors (Lipinski definition) is 4. The molecule has 5 heteroatoms. The van der Waals surface area contributed by atoms with Gasteiger partial charge in [-0.15, -0.1) is 0 Å². The molecule has 0 unspecified atom stereocenters. The number of fused-ring (bicyclic) bond motifs is 10. The topological polar surface area (TPSA) is 56.7 Å². The molecular weight excluding hydrogens is 649 g/mol. The van der Waals surface area contributed by atoms with Crippen LogP contribution in [0.5, 0.6) is 0 Å². The number of aromatic nitrogens is 4. The van der Waals surface area contributed by atoms with Crippen molar-refractivity contribution >= 4 is 43.7 Å². The molecule has 0 aliphatic heterocycles. The Morgan fingerprint density at radius 1 is 0.472 bits per heavy atom. The summed E-state index contributed by atoms with van der Waals surface area (Å²) in [4.78, 5) is 15.0. The Kier molecular flexibility index (Phi) is 6.23. The molecule has 3 aromatic heterocycles. The molecule has 1 aliphatic rings. The molecular formula is C48H32N4O. The lowest BCUT2D eigenvalue weighted by atomic mass is 9.82. The fourth-order valence-corrected chi connectivity index (χ4v) is 8.48. The van der Waals surface area contributed by atoms with Crippen molar-refractivity contribution in [1.82, 2.24) is 19.5 Å². The number of furan rings is 1. The Bertz CT molecular complexity index is 3020. The fraction of sp³-hybridized carbons (Fsp3) is 0.0625. The first-order chi connectivity index (χ1) is 26.0. The van der Waals surface area contributed by atoms with Gasteiger partial charge in [-0.1, -0.05) is 129 Å². The third-order valence-electron chi connectivity index (χ3n) is 11.0. The minimum atomic E-state index is -0.148. The molecule has 0 N–H and O–H groups in total. The number of hydrogen-bond donors (Lipinski definition) is 0. The monoisotopic (exact) mass is 680 g/mol. The van der Waals surface area contributed by atoms with Crippen LogP contribution in [0.1, 0.15) is 25.0 Å². The predicted molar refractivity (Wildman–Crippen MR) is 215 cm³/mol. The van der Waals surface area contributed by atoms with Crippen LogP contribution in [0.3, 0.4) is 0 Å². The number of benzene rings is 7. The zero-order valence-corrected chi connectivity index (χ0v) is 29.2. The van der Waals surface area contributed by atoms with Crippen molar-refractivity contribution in [2.45, 2.75) is 19.3 Å². The molecule has 250 valence electrons. The van der Waals surface area contributed by atoms with E-state index in [1.54, 1.807) is 0 Å². The van der Waals surface area contributed by atoms with Crippen LogP contribution in [0.25, 0.3) is 94.7 Å². The van der Waals surface area contributed by atoms with Crippen molar-refractivity contribution in [3.63, 3.8) is 0 Å². The second-order valence-electron chi connectivity index (χ2n) is 14.4. The van der Waals surface area contributed by atoms with Crippen LogP contribution in [0.2, 0.25) is 0 Å². The highest BCUT2D eigenvalue weighted by molar-refractivity contribution is 6.24. The summed E-state index contributed by atoms with van der Waals surface area (Å²) in [5.41, 5.74) is 13.0. The van der Waals surface area contributed by atoms with E-state index < -0.39 is 0 Å². The van der Waals surface area contributed by atoms with E-state index >= 15 is 0 Å². The van der Waals surface area contributed by atoms with Gasteiger partial charge in [-0.25, -0.2) is 15.0 Å². The Morgan fingerprint density at radius 3 is 1.87 bits per heavy atom. The zero-order valence-electron chi connectivity index (χ0n) is 29.2. The van der Waals surface area contributed by atoms with Gasteiger partial charge in [0.1, 0.15) is 11.2 Å². The van der Waals surface area contributed by atoms with Crippen molar-refractivity contribution in [2.75, 3.05) is 0 Å². The van der Waals surface area contributed by atoms with Crippen LogP contribution >= 0.6 is 0 Å². The first-order valence-corrected chi connectivity index (χ1v) is 18.0. The predicted octanol–water partition coefficient (Wildman–Crippen LogP) is 12.2. The normalized spacial score (nSPS) is 13.2. The van der Waals surface area contributed by atoms with Crippen LogP contribution in [0.4, 0.5) is 0 Å². The van der Waals surface area contributed by atoms with E-state index in [0.717, 1.165) is 60.7 Å². The molecule has 0 radical (unpaired) electrons. The van der Waals surface area contributed by atoms with Crippen LogP contribution in [0, 0.1) is 0 Å². The second kappa shape index (κ2) is 11.1. The highest BCUT2D eigenvalue weighted by Gasteiger charge is 2.36. The molecule has 0 atom stereocenters. The first kappa shape index (κ1) is 29.8. The molecule has 0 spiro atoms. The van der Waals surface area contributed by atoms with Gasteiger partial charge >= 0.3 is 0 Å². The summed E-state index contributed by atoms with van der Waals surface area (Å²) >= 11 is 0. The molecule has 0 amide bonds. The Morgan fingerprint density at radius 2 is 1.11 bits per heavy atom. The van der Waals surface area contributed by atoms with Gasteiger partial charge in [0.25, 0.3) is 0 Å². The highest BCUT2D eigenvalue weighted by atomic mass is 16.3. The van der Waals surface area contributed by atoms with Crippen LogP contribution in [0.15, 0.2) is 162 Å². The molecule has 0 bridgehead atoms. The minimum absolute atomic E-state index is 0.148. The van der Waals surface area contributed by atoms with Crippen molar-refractivity contribution < 1.29 is 4.42 Å². The highest BCUT2D eigenvalue weighted by Crippen LogP contribution is 2.52. The maximum absolute atomic E-state index is 6.72. The smallest absolute Gasteiger partial charge is 0.164 e. The Labute approximate surface area is 305 Å². The van der Waals surface area contributed by atoms with E-state index in [-0.39, 0.29) is 5.41 Å². The number of para-hydroxylation sites is 1. The minimum Gasteiger partial charge on any atom is -0.455 e. The van der Waals surface area contributed by atoms with Crippen LogP contribution in [-0.2, 0) is 5.41 Å². The van der Waals surface area contributed by atoms with Crippen LogP contribution < -0.4 is 0 Å². The molecule has 3 heterocycles. The van der Waals surface area contributed by atoms with Crippen molar-refractivity contribution in [3.05, 3.63) is 169 Å². The summed E-state index contributed by atoms with van der Waals surface area (Å²) in [5.74, 6) is 1.90.